The number of nitrogens with zero attached hydrogens (tertiary/aromatic N) is 2. The molecule has 2 fully saturated rings. The summed E-state index contributed by atoms with van der Waals surface area (Å²) < 4.78 is -2.41. The number of likely N-dealkylation sites (tertiary alicyclic amines) is 2. The van der Waals surface area contributed by atoms with Gasteiger partial charge in [0.15, 0.2) is 0 Å². The Bertz CT molecular complexity index is 1730. The highest BCUT2D eigenvalue weighted by molar-refractivity contribution is 5.93. The Labute approximate surface area is 264 Å². The number of fused-ring (bicyclic) bond motifs is 6. The minimum absolute atomic E-state index is 0.102. The summed E-state index contributed by atoms with van der Waals surface area (Å²) in [5.74, 6) is -3.14. The number of carbonyl (C=O) groups is 5. The van der Waals surface area contributed by atoms with E-state index < -0.39 is 50.9 Å². The number of carbonyl (C=O) groups excluding carboxylic acids is 5. The lowest BCUT2D eigenvalue weighted by molar-refractivity contribution is -0.991. The summed E-state index contributed by atoms with van der Waals surface area (Å²) in [7, 11) is 0. The summed E-state index contributed by atoms with van der Waals surface area (Å²) in [5.41, 5.74) is 7.59. The topological polar surface area (TPSA) is 104 Å². The third-order valence-corrected chi connectivity index (χ3v) is 9.98. The van der Waals surface area contributed by atoms with E-state index in [1.165, 1.54) is 0 Å². The van der Waals surface area contributed by atoms with E-state index in [1.54, 1.807) is 0 Å². The second-order valence-electron chi connectivity index (χ2n) is 12.3. The Morgan fingerprint density at radius 3 is 1.02 bits per heavy atom. The maximum atomic E-state index is 13.8. The molecule has 2 saturated heterocycles. The van der Waals surface area contributed by atoms with Gasteiger partial charge in [0.1, 0.15) is 13.1 Å². The van der Waals surface area contributed by atoms with Crippen LogP contribution in [0.15, 0.2) is 97.1 Å². The van der Waals surface area contributed by atoms with Crippen LogP contribution >= 0.6 is 0 Å². The van der Waals surface area contributed by atoms with E-state index >= 15 is 0 Å². The van der Waals surface area contributed by atoms with Gasteiger partial charge in [0, 0.05) is 0 Å². The van der Waals surface area contributed by atoms with Gasteiger partial charge in [-0.25, -0.2) is 28.9 Å². The standard InChI is InChI=1S/C37H30N2O7/c40-33-17-18-34(41)38(33,21-31-27-13-5-1-9-23(27)24-10-2-6-14-28(24)31)45-37(44)46-39(35(42)19-20-36(39)43)22-32-29-15-7-3-11-25(29)26-12-4-8-16-30(26)32/h1-16,31-32H,17-22H2/q+2. The largest absolute Gasteiger partial charge is 0.613 e. The Morgan fingerprint density at radius 2 is 0.739 bits per heavy atom. The van der Waals surface area contributed by atoms with Crippen molar-refractivity contribution in [2.24, 2.45) is 0 Å². The van der Waals surface area contributed by atoms with Crippen molar-refractivity contribution in [3.63, 3.8) is 0 Å². The second kappa shape index (κ2) is 10.4. The average Bonchev–Trinajstić information content (AvgIpc) is 3.74. The van der Waals surface area contributed by atoms with Crippen molar-refractivity contribution in [3.05, 3.63) is 119 Å². The second-order valence-corrected chi connectivity index (χ2v) is 12.3. The first-order valence-corrected chi connectivity index (χ1v) is 15.5. The van der Waals surface area contributed by atoms with Crippen LogP contribution in [0, 0.1) is 0 Å². The smallest absolute Gasteiger partial charge is 0.226 e. The van der Waals surface area contributed by atoms with Crippen LogP contribution < -0.4 is 0 Å². The third-order valence-electron chi connectivity index (χ3n) is 9.98. The van der Waals surface area contributed by atoms with Gasteiger partial charge in [-0.3, -0.25) is 0 Å². The highest BCUT2D eigenvalue weighted by atomic mass is 16.9. The van der Waals surface area contributed by atoms with Crippen molar-refractivity contribution in [3.8, 4) is 22.3 Å². The van der Waals surface area contributed by atoms with Crippen LogP contribution in [0.4, 0.5) is 4.79 Å². The number of hydrogen-bond donors (Lipinski definition) is 0. The lowest BCUT2D eigenvalue weighted by atomic mass is 9.96. The zero-order chi connectivity index (χ0) is 31.6. The number of hydrogen-bond acceptors (Lipinski definition) is 7. The monoisotopic (exact) mass is 614 g/mol. The molecule has 0 atom stereocenters. The van der Waals surface area contributed by atoms with Crippen LogP contribution in [-0.2, 0) is 28.9 Å². The Balaban J connectivity index is 1.14. The molecule has 9 heteroatoms. The number of amides is 4. The highest BCUT2D eigenvalue weighted by Gasteiger charge is 2.62. The summed E-state index contributed by atoms with van der Waals surface area (Å²) in [5, 5.41) is 0. The summed E-state index contributed by atoms with van der Waals surface area (Å²) >= 11 is 0. The summed E-state index contributed by atoms with van der Waals surface area (Å²) in [4.78, 5) is 79.4. The first kappa shape index (κ1) is 28.2. The molecule has 0 N–H and O–H groups in total. The summed E-state index contributed by atoms with van der Waals surface area (Å²) in [6.07, 6.45) is -1.82. The van der Waals surface area contributed by atoms with Gasteiger partial charge in [0.2, 0.25) is 0 Å². The fourth-order valence-electron chi connectivity index (χ4n) is 7.81. The van der Waals surface area contributed by atoms with E-state index in [2.05, 4.69) is 0 Å². The van der Waals surface area contributed by atoms with Crippen LogP contribution in [0.25, 0.3) is 22.3 Å². The van der Waals surface area contributed by atoms with Gasteiger partial charge in [-0.2, -0.15) is 4.79 Å². The SMILES string of the molecule is O=C(O[N+]1(CC2c3ccccc3-c3ccccc32)C(=O)CCC1=O)O[N+]1(CC2c3ccccc3-c3ccccc32)C(=O)CCC1=O. The van der Waals surface area contributed by atoms with Crippen LogP contribution in [0.5, 0.6) is 0 Å². The van der Waals surface area contributed by atoms with Crippen molar-refractivity contribution in [2.45, 2.75) is 37.5 Å². The predicted octanol–water partition coefficient (Wildman–Crippen LogP) is 5.92. The lowest BCUT2D eigenvalue weighted by Gasteiger charge is -2.30. The van der Waals surface area contributed by atoms with Crippen LogP contribution in [-0.4, -0.2) is 52.2 Å². The molecule has 4 aromatic rings. The fourth-order valence-corrected chi connectivity index (χ4v) is 7.81. The zero-order valence-electron chi connectivity index (χ0n) is 24.9. The fraction of sp³-hybridized carbons (Fsp3) is 0.216. The number of benzene rings is 4. The van der Waals surface area contributed by atoms with Gasteiger partial charge in [-0.1, -0.05) is 97.1 Å². The molecule has 0 bridgehead atoms. The minimum Gasteiger partial charge on any atom is -0.226 e. The summed E-state index contributed by atoms with van der Waals surface area (Å²) in [6.45, 7) is -0.321. The molecule has 8 rings (SSSR count). The van der Waals surface area contributed by atoms with Crippen LogP contribution in [0.3, 0.4) is 0 Å². The molecule has 0 radical (unpaired) electrons. The Morgan fingerprint density at radius 1 is 0.478 bits per heavy atom. The molecular formula is C37H30N2O7+2. The molecule has 4 aromatic carbocycles. The van der Waals surface area contributed by atoms with Gasteiger partial charge in [-0.05, 0) is 53.8 Å². The van der Waals surface area contributed by atoms with Crippen LogP contribution in [0.2, 0.25) is 0 Å². The molecule has 4 aliphatic rings. The van der Waals surface area contributed by atoms with Crippen molar-refractivity contribution in [1.29, 1.82) is 0 Å². The molecule has 4 amide bonds. The molecule has 2 heterocycles. The molecule has 2 aliphatic heterocycles. The van der Waals surface area contributed by atoms with E-state index in [0.29, 0.717) is 0 Å². The van der Waals surface area contributed by atoms with Crippen molar-refractivity contribution in [1.82, 2.24) is 0 Å². The first-order valence-electron chi connectivity index (χ1n) is 15.5. The van der Waals surface area contributed by atoms with Crippen molar-refractivity contribution < 1.29 is 42.9 Å². The van der Waals surface area contributed by atoms with Gasteiger partial charge in [0.25, 0.3) is 0 Å². The lowest BCUT2D eigenvalue weighted by Crippen LogP contribution is -2.59. The molecule has 228 valence electrons. The van der Waals surface area contributed by atoms with E-state index in [4.69, 9.17) is 9.68 Å². The maximum absolute atomic E-state index is 13.8. The van der Waals surface area contributed by atoms with E-state index in [1.807, 2.05) is 97.1 Å². The average molecular weight is 615 g/mol. The Hall–Kier alpha value is -5.25. The molecule has 0 spiro atoms. The minimum atomic E-state index is -1.41. The Kier molecular flexibility index (Phi) is 6.39. The van der Waals surface area contributed by atoms with E-state index in [9.17, 15) is 24.0 Å². The molecule has 46 heavy (non-hydrogen) atoms. The predicted molar refractivity (Wildman–Crippen MR) is 164 cm³/mol. The van der Waals surface area contributed by atoms with Gasteiger partial charge in [-0.15, -0.1) is 0 Å². The first-order chi connectivity index (χ1) is 22.3. The number of rotatable bonds is 6. The van der Waals surface area contributed by atoms with Gasteiger partial charge >= 0.3 is 29.8 Å². The normalized spacial score (nSPS) is 19.1. The third kappa shape index (κ3) is 4.05. The van der Waals surface area contributed by atoms with Gasteiger partial charge in [0.05, 0.1) is 37.5 Å². The number of imide groups is 2. The van der Waals surface area contributed by atoms with E-state index in [0.717, 1.165) is 44.5 Å². The highest BCUT2D eigenvalue weighted by Crippen LogP contribution is 2.48. The van der Waals surface area contributed by atoms with Gasteiger partial charge < -0.3 is 0 Å². The summed E-state index contributed by atoms with van der Waals surface area (Å²) in [6, 6.07) is 31.0. The van der Waals surface area contributed by atoms with E-state index in [-0.39, 0.29) is 38.8 Å². The van der Waals surface area contributed by atoms with Crippen molar-refractivity contribution in [2.75, 3.05) is 13.1 Å². The maximum Gasteiger partial charge on any atom is 0.613 e. The number of quaternary nitrogens is 2. The zero-order valence-corrected chi connectivity index (χ0v) is 24.9. The quantitative estimate of drug-likeness (QED) is 0.196. The van der Waals surface area contributed by atoms with Crippen LogP contribution in [0.1, 0.15) is 59.8 Å². The molecule has 0 unspecified atom stereocenters. The molecule has 0 saturated carbocycles. The molecule has 9 nitrogen and oxygen atoms in total. The van der Waals surface area contributed by atoms with Crippen molar-refractivity contribution >= 4 is 29.8 Å². The molecule has 2 aliphatic carbocycles. The molecule has 0 aromatic heterocycles. The molecular weight excluding hydrogens is 584 g/mol. The number of hydroxylamine groups is 6.